The number of aliphatic hydroxyl groups excluding tert-OH is 1. The highest BCUT2D eigenvalue weighted by atomic mass is 16.3. The minimum Gasteiger partial charge on any atom is -0.508 e. The van der Waals surface area contributed by atoms with Gasteiger partial charge in [-0.05, 0) is 25.1 Å². The van der Waals surface area contributed by atoms with Crippen molar-refractivity contribution in [2.75, 3.05) is 0 Å². The van der Waals surface area contributed by atoms with Crippen LogP contribution >= 0.6 is 0 Å². The van der Waals surface area contributed by atoms with Crippen molar-refractivity contribution in [3.8, 4) is 11.5 Å². The fourth-order valence-electron chi connectivity index (χ4n) is 0.973. The van der Waals surface area contributed by atoms with E-state index in [0.717, 1.165) is 6.07 Å². The van der Waals surface area contributed by atoms with Gasteiger partial charge in [0.1, 0.15) is 17.7 Å². The molecule has 0 aromatic heterocycles. The van der Waals surface area contributed by atoms with Crippen molar-refractivity contribution in [3.63, 3.8) is 0 Å². The predicted octanol–water partition coefficient (Wildman–Crippen LogP) is 0.166. The van der Waals surface area contributed by atoms with Crippen molar-refractivity contribution in [3.05, 3.63) is 23.8 Å². The molecule has 0 aliphatic carbocycles. The fraction of sp³-hybridized carbons (Fsp3) is 0.222. The van der Waals surface area contributed by atoms with Gasteiger partial charge in [-0.1, -0.05) is 0 Å². The second-order valence-electron chi connectivity index (χ2n) is 2.85. The van der Waals surface area contributed by atoms with E-state index in [2.05, 4.69) is 5.32 Å². The molecule has 1 atom stereocenters. The normalized spacial score (nSPS) is 12.1. The summed E-state index contributed by atoms with van der Waals surface area (Å²) >= 11 is 0. The molecule has 0 bridgehead atoms. The molecular weight excluding hydrogens is 186 g/mol. The van der Waals surface area contributed by atoms with Crippen molar-refractivity contribution in [2.45, 2.75) is 13.2 Å². The first-order valence-corrected chi connectivity index (χ1v) is 4.01. The smallest absolute Gasteiger partial charge is 0.257 e. The van der Waals surface area contributed by atoms with E-state index < -0.39 is 12.1 Å². The van der Waals surface area contributed by atoms with E-state index in [-0.39, 0.29) is 17.1 Å². The monoisotopic (exact) mass is 197 g/mol. The molecule has 1 aromatic carbocycles. The van der Waals surface area contributed by atoms with Crippen LogP contribution in [0.15, 0.2) is 18.2 Å². The molecule has 5 nitrogen and oxygen atoms in total. The Balaban J connectivity index is 2.94. The Morgan fingerprint density at radius 3 is 2.64 bits per heavy atom. The summed E-state index contributed by atoms with van der Waals surface area (Å²) in [4.78, 5) is 11.3. The van der Waals surface area contributed by atoms with Gasteiger partial charge in [0.25, 0.3) is 5.91 Å². The minimum atomic E-state index is -1.01. The average molecular weight is 197 g/mol. The number of carbonyl (C=O) groups excluding carboxylic acids is 1. The van der Waals surface area contributed by atoms with Crippen LogP contribution in [0.4, 0.5) is 0 Å². The van der Waals surface area contributed by atoms with Crippen LogP contribution in [0.1, 0.15) is 17.3 Å². The summed E-state index contributed by atoms with van der Waals surface area (Å²) in [6.07, 6.45) is -1.01. The largest absolute Gasteiger partial charge is 0.508 e. The van der Waals surface area contributed by atoms with Gasteiger partial charge in [0, 0.05) is 0 Å². The second kappa shape index (κ2) is 3.97. The van der Waals surface area contributed by atoms with Gasteiger partial charge < -0.3 is 20.6 Å². The summed E-state index contributed by atoms with van der Waals surface area (Å²) in [5.41, 5.74) is -0.0779. The van der Waals surface area contributed by atoms with Crippen molar-refractivity contribution < 1.29 is 20.1 Å². The standard InChI is InChI=1S/C9H11NO4/c1-5(11)10-9(14)7-4-6(12)2-3-8(7)13/h2-5,11-13H,1H3,(H,10,14). The van der Waals surface area contributed by atoms with Gasteiger partial charge >= 0.3 is 0 Å². The maximum Gasteiger partial charge on any atom is 0.257 e. The first kappa shape index (κ1) is 10.3. The van der Waals surface area contributed by atoms with E-state index in [9.17, 15) is 9.90 Å². The lowest BCUT2D eigenvalue weighted by Crippen LogP contribution is -2.32. The van der Waals surface area contributed by atoms with Crippen LogP contribution in [0.5, 0.6) is 11.5 Å². The second-order valence-corrected chi connectivity index (χ2v) is 2.85. The molecule has 76 valence electrons. The first-order chi connectivity index (χ1) is 6.50. The molecule has 1 unspecified atom stereocenters. The van der Waals surface area contributed by atoms with E-state index in [4.69, 9.17) is 10.2 Å². The fourth-order valence-corrected chi connectivity index (χ4v) is 0.973. The Bertz CT molecular complexity index is 349. The summed E-state index contributed by atoms with van der Waals surface area (Å²) in [5.74, 6) is -1.02. The van der Waals surface area contributed by atoms with Crippen LogP contribution in [0.25, 0.3) is 0 Å². The zero-order valence-corrected chi connectivity index (χ0v) is 7.56. The van der Waals surface area contributed by atoms with E-state index in [1.54, 1.807) is 0 Å². The summed E-state index contributed by atoms with van der Waals surface area (Å²) in [6.45, 7) is 1.37. The molecular formula is C9H11NO4. The third-order valence-corrected chi connectivity index (χ3v) is 1.56. The van der Waals surface area contributed by atoms with Crippen molar-refractivity contribution >= 4 is 5.91 Å². The topological polar surface area (TPSA) is 89.8 Å². The SMILES string of the molecule is CC(O)NC(=O)c1cc(O)ccc1O. The van der Waals surface area contributed by atoms with E-state index in [1.165, 1.54) is 19.1 Å². The maximum absolute atomic E-state index is 11.3. The zero-order valence-electron chi connectivity index (χ0n) is 7.56. The molecule has 1 aromatic rings. The number of hydrogen-bond donors (Lipinski definition) is 4. The van der Waals surface area contributed by atoms with Crippen LogP contribution < -0.4 is 5.32 Å². The number of rotatable bonds is 2. The molecule has 14 heavy (non-hydrogen) atoms. The number of aromatic hydroxyl groups is 2. The zero-order chi connectivity index (χ0) is 10.7. The van der Waals surface area contributed by atoms with Crippen molar-refractivity contribution in [2.24, 2.45) is 0 Å². The van der Waals surface area contributed by atoms with Gasteiger partial charge in [0.2, 0.25) is 0 Å². The maximum atomic E-state index is 11.3. The molecule has 0 fully saturated rings. The summed E-state index contributed by atoms with van der Waals surface area (Å²) in [5, 5.41) is 29.4. The minimum absolute atomic E-state index is 0.0779. The molecule has 0 spiro atoms. The lowest BCUT2D eigenvalue weighted by Gasteiger charge is -2.08. The molecule has 5 heteroatoms. The molecule has 0 radical (unpaired) electrons. The van der Waals surface area contributed by atoms with Crippen molar-refractivity contribution in [1.82, 2.24) is 5.32 Å². The van der Waals surface area contributed by atoms with Gasteiger partial charge in [0.15, 0.2) is 0 Å². The van der Waals surface area contributed by atoms with E-state index >= 15 is 0 Å². The Labute approximate surface area is 80.6 Å². The Morgan fingerprint density at radius 2 is 2.07 bits per heavy atom. The molecule has 1 amide bonds. The Kier molecular flexibility index (Phi) is 2.93. The molecule has 0 saturated heterocycles. The third kappa shape index (κ3) is 2.37. The van der Waals surface area contributed by atoms with Crippen LogP contribution in [0.2, 0.25) is 0 Å². The predicted molar refractivity (Wildman–Crippen MR) is 48.9 cm³/mol. The number of amides is 1. The molecule has 0 heterocycles. The van der Waals surface area contributed by atoms with Gasteiger partial charge in [-0.25, -0.2) is 0 Å². The van der Waals surface area contributed by atoms with Gasteiger partial charge in [-0.2, -0.15) is 0 Å². The van der Waals surface area contributed by atoms with E-state index in [0.29, 0.717) is 0 Å². The Hall–Kier alpha value is -1.75. The molecule has 0 aliphatic heterocycles. The van der Waals surface area contributed by atoms with Crippen LogP contribution in [0.3, 0.4) is 0 Å². The van der Waals surface area contributed by atoms with Crippen LogP contribution in [-0.2, 0) is 0 Å². The number of nitrogens with one attached hydrogen (secondary N) is 1. The summed E-state index contributed by atoms with van der Waals surface area (Å²) in [7, 11) is 0. The third-order valence-electron chi connectivity index (χ3n) is 1.56. The number of phenolic OH excluding ortho intramolecular Hbond substituents is 2. The average Bonchev–Trinajstić information content (AvgIpc) is 2.08. The van der Waals surface area contributed by atoms with Crippen molar-refractivity contribution in [1.29, 1.82) is 0 Å². The summed E-state index contributed by atoms with van der Waals surface area (Å²) < 4.78 is 0. The quantitative estimate of drug-likeness (QED) is 0.402. The van der Waals surface area contributed by atoms with E-state index in [1.807, 2.05) is 0 Å². The van der Waals surface area contributed by atoms with Gasteiger partial charge in [0.05, 0.1) is 5.56 Å². The molecule has 4 N–H and O–H groups in total. The first-order valence-electron chi connectivity index (χ1n) is 4.01. The Morgan fingerprint density at radius 1 is 1.43 bits per heavy atom. The van der Waals surface area contributed by atoms with Gasteiger partial charge in [-0.15, -0.1) is 0 Å². The highest BCUT2D eigenvalue weighted by molar-refractivity contribution is 5.97. The lowest BCUT2D eigenvalue weighted by atomic mass is 10.2. The number of phenols is 2. The number of benzene rings is 1. The summed E-state index contributed by atoms with van der Waals surface area (Å²) in [6, 6.07) is 3.58. The number of aliphatic hydroxyl groups is 1. The highest BCUT2D eigenvalue weighted by Crippen LogP contribution is 2.21. The lowest BCUT2D eigenvalue weighted by molar-refractivity contribution is 0.0816. The molecule has 0 aliphatic rings. The number of hydrogen-bond acceptors (Lipinski definition) is 4. The van der Waals surface area contributed by atoms with Gasteiger partial charge in [-0.3, -0.25) is 4.79 Å². The highest BCUT2D eigenvalue weighted by Gasteiger charge is 2.12. The molecule has 1 rings (SSSR count). The van der Waals surface area contributed by atoms with Crippen LogP contribution in [-0.4, -0.2) is 27.5 Å². The molecule has 0 saturated carbocycles. The van der Waals surface area contributed by atoms with Crippen LogP contribution in [0, 0.1) is 0 Å². The number of carbonyl (C=O) groups is 1.